The third kappa shape index (κ3) is 3.96. The zero-order valence-electron chi connectivity index (χ0n) is 17.0. The van der Waals surface area contributed by atoms with E-state index in [0.717, 1.165) is 42.1 Å². The van der Waals surface area contributed by atoms with Gasteiger partial charge in [-0.3, -0.25) is 4.79 Å². The first-order chi connectivity index (χ1) is 14.1. The SMILES string of the molecule is CCCC(=O)N(C)c1cnc2nc(N3CCC(O)C3)n(Cc3ccccc3)c2c1. The van der Waals surface area contributed by atoms with Gasteiger partial charge in [0.1, 0.15) is 0 Å². The van der Waals surface area contributed by atoms with Crippen molar-refractivity contribution < 1.29 is 9.90 Å². The van der Waals surface area contributed by atoms with Gasteiger partial charge in [-0.1, -0.05) is 37.3 Å². The number of aromatic nitrogens is 3. The molecule has 1 atom stereocenters. The highest BCUT2D eigenvalue weighted by Gasteiger charge is 2.26. The van der Waals surface area contributed by atoms with Gasteiger partial charge in [-0.2, -0.15) is 4.98 Å². The molecule has 4 rings (SSSR count). The summed E-state index contributed by atoms with van der Waals surface area (Å²) >= 11 is 0. The molecule has 1 saturated heterocycles. The average Bonchev–Trinajstić information content (AvgIpc) is 3.31. The van der Waals surface area contributed by atoms with Crippen LogP contribution >= 0.6 is 0 Å². The summed E-state index contributed by atoms with van der Waals surface area (Å²) in [4.78, 5) is 25.4. The molecule has 0 radical (unpaired) electrons. The maximum absolute atomic E-state index is 12.3. The van der Waals surface area contributed by atoms with Gasteiger partial charge in [0.15, 0.2) is 5.65 Å². The summed E-state index contributed by atoms with van der Waals surface area (Å²) in [6.07, 6.45) is 3.43. The quantitative estimate of drug-likeness (QED) is 0.697. The molecule has 7 heteroatoms. The normalized spacial score (nSPS) is 16.5. The van der Waals surface area contributed by atoms with Crippen molar-refractivity contribution in [1.29, 1.82) is 0 Å². The largest absolute Gasteiger partial charge is 0.391 e. The van der Waals surface area contributed by atoms with Crippen molar-refractivity contribution in [3.05, 3.63) is 48.2 Å². The lowest BCUT2D eigenvalue weighted by atomic mass is 10.2. The van der Waals surface area contributed by atoms with Crippen LogP contribution in [0.2, 0.25) is 0 Å². The number of nitrogens with zero attached hydrogens (tertiary/aromatic N) is 5. The highest BCUT2D eigenvalue weighted by molar-refractivity contribution is 5.94. The van der Waals surface area contributed by atoms with E-state index in [-0.39, 0.29) is 12.0 Å². The molecule has 0 saturated carbocycles. The molecule has 1 aliphatic heterocycles. The van der Waals surface area contributed by atoms with E-state index in [9.17, 15) is 9.90 Å². The van der Waals surface area contributed by atoms with E-state index < -0.39 is 0 Å². The first kappa shape index (κ1) is 19.4. The Bertz CT molecular complexity index is 1000. The Labute approximate surface area is 170 Å². The molecule has 0 bridgehead atoms. The minimum atomic E-state index is -0.332. The number of hydrogen-bond acceptors (Lipinski definition) is 5. The fourth-order valence-corrected chi connectivity index (χ4v) is 3.78. The highest BCUT2D eigenvalue weighted by Crippen LogP contribution is 2.28. The lowest BCUT2D eigenvalue weighted by molar-refractivity contribution is -0.118. The lowest BCUT2D eigenvalue weighted by Gasteiger charge is -2.19. The number of carbonyl (C=O) groups is 1. The van der Waals surface area contributed by atoms with Crippen LogP contribution in [0, 0.1) is 0 Å². The van der Waals surface area contributed by atoms with E-state index in [1.165, 1.54) is 0 Å². The summed E-state index contributed by atoms with van der Waals surface area (Å²) < 4.78 is 2.14. The molecule has 0 spiro atoms. The molecule has 0 aliphatic carbocycles. The van der Waals surface area contributed by atoms with Gasteiger partial charge in [-0.05, 0) is 24.5 Å². The number of β-amino-alcohol motifs (C(OH)–C–C–N with tert-alkyl or cyclic N) is 1. The van der Waals surface area contributed by atoms with Gasteiger partial charge < -0.3 is 19.5 Å². The molecule has 3 heterocycles. The van der Waals surface area contributed by atoms with Crippen LogP contribution in [0.25, 0.3) is 11.2 Å². The number of fused-ring (bicyclic) bond motifs is 1. The zero-order chi connectivity index (χ0) is 20.4. The van der Waals surface area contributed by atoms with E-state index >= 15 is 0 Å². The molecule has 1 aliphatic rings. The Morgan fingerprint density at radius 2 is 2.10 bits per heavy atom. The summed E-state index contributed by atoms with van der Waals surface area (Å²) in [6.45, 7) is 3.98. The Morgan fingerprint density at radius 1 is 1.31 bits per heavy atom. The van der Waals surface area contributed by atoms with Crippen LogP contribution in [0.15, 0.2) is 42.6 Å². The van der Waals surface area contributed by atoms with Gasteiger partial charge in [0, 0.05) is 26.6 Å². The summed E-state index contributed by atoms with van der Waals surface area (Å²) in [5, 5.41) is 10.0. The van der Waals surface area contributed by atoms with Gasteiger partial charge in [-0.25, -0.2) is 4.98 Å². The van der Waals surface area contributed by atoms with Gasteiger partial charge in [-0.15, -0.1) is 0 Å². The molecule has 29 heavy (non-hydrogen) atoms. The van der Waals surface area contributed by atoms with Crippen molar-refractivity contribution in [3.8, 4) is 0 Å². The topological polar surface area (TPSA) is 74.5 Å². The summed E-state index contributed by atoms with van der Waals surface area (Å²) in [7, 11) is 1.79. The number of carbonyl (C=O) groups excluding carboxylic acids is 1. The third-order valence-electron chi connectivity index (χ3n) is 5.43. The minimum absolute atomic E-state index is 0.0747. The molecule has 3 aromatic rings. The fraction of sp³-hybridized carbons (Fsp3) is 0.409. The van der Waals surface area contributed by atoms with E-state index in [4.69, 9.17) is 4.98 Å². The van der Waals surface area contributed by atoms with Crippen LogP contribution < -0.4 is 9.80 Å². The summed E-state index contributed by atoms with van der Waals surface area (Å²) in [5.74, 6) is 0.887. The van der Waals surface area contributed by atoms with Crippen LogP contribution in [0.3, 0.4) is 0 Å². The number of pyridine rings is 1. The van der Waals surface area contributed by atoms with Crippen LogP contribution in [0.4, 0.5) is 11.6 Å². The number of amides is 1. The second-order valence-electron chi connectivity index (χ2n) is 7.61. The molecule has 1 unspecified atom stereocenters. The predicted molar refractivity (Wildman–Crippen MR) is 114 cm³/mol. The summed E-state index contributed by atoms with van der Waals surface area (Å²) in [6, 6.07) is 12.2. The number of rotatable bonds is 6. The van der Waals surface area contributed by atoms with Crippen LogP contribution in [-0.2, 0) is 11.3 Å². The number of aliphatic hydroxyl groups excluding tert-OH is 1. The molecule has 1 fully saturated rings. The van der Waals surface area contributed by atoms with Crippen molar-refractivity contribution in [2.45, 2.75) is 38.8 Å². The molecule has 1 aromatic carbocycles. The monoisotopic (exact) mass is 393 g/mol. The Hall–Kier alpha value is -2.93. The van der Waals surface area contributed by atoms with Gasteiger partial charge >= 0.3 is 0 Å². The molecule has 2 aromatic heterocycles. The van der Waals surface area contributed by atoms with Crippen molar-refractivity contribution in [2.24, 2.45) is 0 Å². The van der Waals surface area contributed by atoms with Crippen molar-refractivity contribution in [3.63, 3.8) is 0 Å². The maximum Gasteiger partial charge on any atom is 0.226 e. The smallest absolute Gasteiger partial charge is 0.226 e. The second kappa shape index (κ2) is 8.21. The molecule has 7 nitrogen and oxygen atoms in total. The Kier molecular flexibility index (Phi) is 5.49. The Morgan fingerprint density at radius 3 is 2.79 bits per heavy atom. The van der Waals surface area contributed by atoms with E-state index in [2.05, 4.69) is 26.6 Å². The van der Waals surface area contributed by atoms with Crippen LogP contribution in [0.1, 0.15) is 31.7 Å². The van der Waals surface area contributed by atoms with Gasteiger partial charge in [0.25, 0.3) is 0 Å². The summed E-state index contributed by atoms with van der Waals surface area (Å²) in [5.41, 5.74) is 3.46. The predicted octanol–water partition coefficient (Wildman–Crippen LogP) is 2.81. The Balaban J connectivity index is 1.77. The minimum Gasteiger partial charge on any atom is -0.391 e. The molecular weight excluding hydrogens is 366 g/mol. The standard InChI is InChI=1S/C22H27N5O2/c1-3-7-20(29)25(2)17-12-19-21(23-13-17)24-22(26-11-10-18(28)15-26)27(19)14-16-8-5-4-6-9-16/h4-6,8-9,12-13,18,28H,3,7,10-11,14-15H2,1-2H3. The molecule has 1 N–H and O–H groups in total. The zero-order valence-corrected chi connectivity index (χ0v) is 17.0. The van der Waals surface area contributed by atoms with Gasteiger partial charge in [0.2, 0.25) is 11.9 Å². The number of imidazole rings is 1. The molecule has 152 valence electrons. The maximum atomic E-state index is 12.3. The first-order valence-corrected chi connectivity index (χ1v) is 10.2. The number of hydrogen-bond donors (Lipinski definition) is 1. The number of benzene rings is 1. The lowest BCUT2D eigenvalue weighted by Crippen LogP contribution is -2.26. The average molecular weight is 393 g/mol. The van der Waals surface area contributed by atoms with Crippen molar-refractivity contribution in [1.82, 2.24) is 14.5 Å². The van der Waals surface area contributed by atoms with Gasteiger partial charge in [0.05, 0.1) is 30.0 Å². The van der Waals surface area contributed by atoms with Crippen molar-refractivity contribution >= 4 is 28.7 Å². The number of anilines is 2. The van der Waals surface area contributed by atoms with Crippen LogP contribution in [0.5, 0.6) is 0 Å². The van der Waals surface area contributed by atoms with E-state index in [1.807, 2.05) is 31.2 Å². The molecular formula is C22H27N5O2. The molecule has 1 amide bonds. The fourth-order valence-electron chi connectivity index (χ4n) is 3.78. The van der Waals surface area contributed by atoms with Crippen LogP contribution in [-0.4, -0.2) is 51.8 Å². The second-order valence-corrected chi connectivity index (χ2v) is 7.61. The number of aliphatic hydroxyl groups is 1. The van der Waals surface area contributed by atoms with E-state index in [1.54, 1.807) is 18.1 Å². The highest BCUT2D eigenvalue weighted by atomic mass is 16.3. The van der Waals surface area contributed by atoms with Crippen molar-refractivity contribution in [2.75, 3.05) is 29.9 Å². The van der Waals surface area contributed by atoms with E-state index in [0.29, 0.717) is 25.2 Å². The first-order valence-electron chi connectivity index (χ1n) is 10.2. The third-order valence-corrected chi connectivity index (χ3v) is 5.43.